The number of nitrogens with zero attached hydrogens (tertiary/aromatic N) is 3. The Kier molecular flexibility index (Phi) is 6.56. The average molecular weight is 539 g/mol. The maximum absolute atomic E-state index is 14.4. The molecule has 1 aromatic heterocycles. The Hall–Kier alpha value is -2.89. The predicted molar refractivity (Wildman–Crippen MR) is 129 cm³/mol. The molecule has 5 rings (SSSR count). The maximum atomic E-state index is 14.4. The van der Waals surface area contributed by atoms with Crippen LogP contribution in [0.2, 0.25) is 5.02 Å². The van der Waals surface area contributed by atoms with Crippen molar-refractivity contribution in [1.82, 2.24) is 20.0 Å². The molecule has 0 radical (unpaired) electrons. The van der Waals surface area contributed by atoms with Gasteiger partial charge in [0.2, 0.25) is 0 Å². The SMILES string of the molecule is O=C1S/C(=C\c2ccc3c(cnn3Cc3ccc(Cl)cc3C(F)(F)F)c2)C(=O)N1[C@@H]1CNCC[C@@H]1F. The first kappa shape index (κ1) is 24.8. The second-order valence-electron chi connectivity index (χ2n) is 8.55. The predicted octanol–water partition coefficient (Wildman–Crippen LogP) is 5.49. The minimum absolute atomic E-state index is 0.00719. The van der Waals surface area contributed by atoms with Gasteiger partial charge in [0.15, 0.2) is 0 Å². The van der Waals surface area contributed by atoms with E-state index in [0.717, 1.165) is 22.7 Å². The largest absolute Gasteiger partial charge is 0.416 e. The number of hydrogen-bond acceptors (Lipinski definition) is 5. The van der Waals surface area contributed by atoms with E-state index in [1.807, 2.05) is 0 Å². The lowest BCUT2D eigenvalue weighted by atomic mass is 10.0. The summed E-state index contributed by atoms with van der Waals surface area (Å²) < 4.78 is 56.2. The van der Waals surface area contributed by atoms with Crippen LogP contribution in [0, 0.1) is 0 Å². The molecular weight excluding hydrogens is 520 g/mol. The van der Waals surface area contributed by atoms with Crippen LogP contribution in [0.5, 0.6) is 0 Å². The number of hydrogen-bond donors (Lipinski definition) is 1. The molecule has 3 heterocycles. The summed E-state index contributed by atoms with van der Waals surface area (Å²) in [5.41, 5.74) is 0.401. The number of fused-ring (bicyclic) bond motifs is 1. The first-order valence-corrected chi connectivity index (χ1v) is 12.2. The second-order valence-corrected chi connectivity index (χ2v) is 9.98. The van der Waals surface area contributed by atoms with Crippen molar-refractivity contribution in [2.24, 2.45) is 0 Å². The number of carbonyl (C=O) groups excluding carboxylic acids is 2. The molecule has 0 saturated carbocycles. The van der Waals surface area contributed by atoms with Gasteiger partial charge < -0.3 is 5.32 Å². The number of alkyl halides is 4. The number of rotatable bonds is 4. The van der Waals surface area contributed by atoms with Crippen LogP contribution in [0.3, 0.4) is 0 Å². The Morgan fingerprint density at radius 2 is 2.00 bits per heavy atom. The summed E-state index contributed by atoms with van der Waals surface area (Å²) in [6.07, 6.45) is -2.54. The number of amides is 2. The third kappa shape index (κ3) is 4.74. The van der Waals surface area contributed by atoms with Gasteiger partial charge in [0.05, 0.1) is 34.8 Å². The highest BCUT2D eigenvalue weighted by atomic mass is 35.5. The molecule has 0 unspecified atom stereocenters. The van der Waals surface area contributed by atoms with Crippen LogP contribution in [-0.4, -0.2) is 51.1 Å². The molecule has 1 N–H and O–H groups in total. The van der Waals surface area contributed by atoms with E-state index >= 15 is 0 Å². The summed E-state index contributed by atoms with van der Waals surface area (Å²) in [7, 11) is 0. The monoisotopic (exact) mass is 538 g/mol. The standard InChI is InChI=1S/C24H19ClF4N4O2S/c25-16-3-2-14(17(9-16)24(27,28)29)12-32-19-4-1-13(7-15(19)10-31-32)8-21-22(34)33(23(35)36-21)20-11-30-6-5-18(20)26/h1-4,7-10,18,20,30H,5-6,11-12H2/b21-8-/t18-,20+/m0/s1. The van der Waals surface area contributed by atoms with Crippen molar-refractivity contribution in [3.8, 4) is 0 Å². The van der Waals surface area contributed by atoms with E-state index in [0.29, 0.717) is 23.0 Å². The van der Waals surface area contributed by atoms with Crippen LogP contribution in [0.1, 0.15) is 23.1 Å². The Morgan fingerprint density at radius 3 is 2.75 bits per heavy atom. The van der Waals surface area contributed by atoms with Crippen LogP contribution < -0.4 is 5.32 Å². The Morgan fingerprint density at radius 1 is 1.19 bits per heavy atom. The third-order valence-corrected chi connectivity index (χ3v) is 7.30. The minimum Gasteiger partial charge on any atom is -0.314 e. The van der Waals surface area contributed by atoms with Crippen molar-refractivity contribution >= 4 is 51.5 Å². The van der Waals surface area contributed by atoms with Gasteiger partial charge in [-0.05, 0) is 66.2 Å². The highest BCUT2D eigenvalue weighted by Gasteiger charge is 2.43. The minimum atomic E-state index is -4.56. The van der Waals surface area contributed by atoms with E-state index in [2.05, 4.69) is 10.4 Å². The van der Waals surface area contributed by atoms with Gasteiger partial charge in [0.1, 0.15) is 6.17 Å². The molecule has 12 heteroatoms. The van der Waals surface area contributed by atoms with E-state index in [1.165, 1.54) is 23.0 Å². The molecule has 2 fully saturated rings. The molecule has 2 amide bonds. The Balaban J connectivity index is 1.40. The molecule has 188 valence electrons. The highest BCUT2D eigenvalue weighted by molar-refractivity contribution is 8.18. The van der Waals surface area contributed by atoms with Crippen molar-refractivity contribution in [3.05, 3.63) is 69.2 Å². The van der Waals surface area contributed by atoms with E-state index in [-0.39, 0.29) is 35.0 Å². The number of halogens is 5. The Bertz CT molecular complexity index is 1390. The normalized spacial score (nSPS) is 22.2. The van der Waals surface area contributed by atoms with Gasteiger partial charge >= 0.3 is 6.18 Å². The number of imide groups is 1. The molecule has 36 heavy (non-hydrogen) atoms. The topological polar surface area (TPSA) is 67.2 Å². The summed E-state index contributed by atoms with van der Waals surface area (Å²) in [5.74, 6) is -0.542. The molecule has 2 aromatic carbocycles. The number of aromatic nitrogens is 2. The highest BCUT2D eigenvalue weighted by Crippen LogP contribution is 2.36. The van der Waals surface area contributed by atoms with Gasteiger partial charge in [-0.1, -0.05) is 23.7 Å². The van der Waals surface area contributed by atoms with Crippen LogP contribution in [0.25, 0.3) is 17.0 Å². The molecule has 2 aliphatic rings. The lowest BCUT2D eigenvalue weighted by Crippen LogP contribution is -2.53. The number of piperidine rings is 1. The number of benzene rings is 2. The summed E-state index contributed by atoms with van der Waals surface area (Å²) in [6, 6.07) is 7.87. The summed E-state index contributed by atoms with van der Waals surface area (Å²) in [4.78, 5) is 26.5. The van der Waals surface area contributed by atoms with Crippen LogP contribution in [-0.2, 0) is 17.5 Å². The molecule has 6 nitrogen and oxygen atoms in total. The van der Waals surface area contributed by atoms with Crippen LogP contribution >= 0.6 is 23.4 Å². The molecule has 2 saturated heterocycles. The first-order chi connectivity index (χ1) is 17.1. The quantitative estimate of drug-likeness (QED) is 0.351. The van der Waals surface area contributed by atoms with E-state index in [9.17, 15) is 27.2 Å². The van der Waals surface area contributed by atoms with Crippen molar-refractivity contribution in [3.63, 3.8) is 0 Å². The molecular formula is C24H19ClF4N4O2S. The lowest BCUT2D eigenvalue weighted by molar-refractivity contribution is -0.138. The fraction of sp³-hybridized carbons (Fsp3) is 0.292. The zero-order valence-electron chi connectivity index (χ0n) is 18.6. The summed E-state index contributed by atoms with van der Waals surface area (Å²) in [5, 5.41) is 7.36. The number of nitrogens with one attached hydrogen (secondary N) is 1. The van der Waals surface area contributed by atoms with Crippen molar-refractivity contribution in [2.45, 2.75) is 31.4 Å². The number of thioether (sulfide) groups is 1. The van der Waals surface area contributed by atoms with Crippen LogP contribution in [0.4, 0.5) is 22.4 Å². The van der Waals surface area contributed by atoms with Crippen molar-refractivity contribution < 1.29 is 27.2 Å². The Labute approximate surface area is 212 Å². The fourth-order valence-corrected chi connectivity index (χ4v) is 5.47. The molecule has 2 aliphatic heterocycles. The van der Waals surface area contributed by atoms with E-state index < -0.39 is 35.1 Å². The lowest BCUT2D eigenvalue weighted by Gasteiger charge is -2.32. The van der Waals surface area contributed by atoms with Gasteiger partial charge in [-0.25, -0.2) is 4.39 Å². The van der Waals surface area contributed by atoms with Gasteiger partial charge in [-0.15, -0.1) is 0 Å². The average Bonchev–Trinajstić information content (AvgIpc) is 3.34. The maximum Gasteiger partial charge on any atom is 0.416 e. The van der Waals surface area contributed by atoms with Crippen molar-refractivity contribution in [1.29, 1.82) is 0 Å². The van der Waals surface area contributed by atoms with E-state index in [4.69, 9.17) is 11.6 Å². The smallest absolute Gasteiger partial charge is 0.314 e. The van der Waals surface area contributed by atoms with E-state index in [1.54, 1.807) is 24.3 Å². The summed E-state index contributed by atoms with van der Waals surface area (Å²) >= 11 is 6.52. The molecule has 2 atom stereocenters. The molecule has 0 bridgehead atoms. The molecule has 3 aromatic rings. The second kappa shape index (κ2) is 9.53. The fourth-order valence-electron chi connectivity index (χ4n) is 4.41. The zero-order chi connectivity index (χ0) is 25.6. The first-order valence-electron chi connectivity index (χ1n) is 11.0. The molecule has 0 aliphatic carbocycles. The van der Waals surface area contributed by atoms with Crippen molar-refractivity contribution in [2.75, 3.05) is 13.1 Å². The molecule has 0 spiro atoms. The van der Waals surface area contributed by atoms with Gasteiger partial charge in [-0.3, -0.25) is 19.2 Å². The number of carbonyl (C=O) groups is 2. The zero-order valence-corrected chi connectivity index (χ0v) is 20.1. The van der Waals surface area contributed by atoms with Gasteiger partial charge in [0, 0.05) is 17.0 Å². The van der Waals surface area contributed by atoms with Crippen LogP contribution in [0.15, 0.2) is 47.5 Å². The van der Waals surface area contributed by atoms with Gasteiger partial charge in [-0.2, -0.15) is 18.3 Å². The summed E-state index contributed by atoms with van der Waals surface area (Å²) in [6.45, 7) is 0.585. The van der Waals surface area contributed by atoms with Gasteiger partial charge in [0.25, 0.3) is 11.1 Å². The third-order valence-electron chi connectivity index (χ3n) is 6.18.